The molecule has 120 valence electrons. The maximum Gasteiger partial charge on any atom is 0.191 e. The summed E-state index contributed by atoms with van der Waals surface area (Å²) in [6, 6.07) is 8.14. The van der Waals surface area contributed by atoms with Crippen LogP contribution >= 0.6 is 24.0 Å². The molecule has 0 saturated heterocycles. The van der Waals surface area contributed by atoms with Gasteiger partial charge in [-0.2, -0.15) is 0 Å². The van der Waals surface area contributed by atoms with Crippen LogP contribution in [-0.4, -0.2) is 25.7 Å². The Morgan fingerprint density at radius 1 is 1.10 bits per heavy atom. The summed E-state index contributed by atoms with van der Waals surface area (Å²) in [6.45, 7) is 10.1. The third kappa shape index (κ3) is 8.80. The minimum absolute atomic E-state index is 0. The van der Waals surface area contributed by atoms with Gasteiger partial charge in [-0.1, -0.05) is 26.0 Å². The van der Waals surface area contributed by atoms with Crippen molar-refractivity contribution in [3.8, 4) is 5.75 Å². The average molecular weight is 405 g/mol. The van der Waals surface area contributed by atoms with Crippen molar-refractivity contribution in [3.05, 3.63) is 29.8 Å². The molecule has 1 aromatic carbocycles. The highest BCUT2D eigenvalue weighted by molar-refractivity contribution is 14.0. The summed E-state index contributed by atoms with van der Waals surface area (Å²) in [5, 5.41) is 6.59. The number of aliphatic imine (C=N–C) groups is 1. The second-order valence-corrected chi connectivity index (χ2v) is 5.51. The second kappa shape index (κ2) is 10.7. The van der Waals surface area contributed by atoms with Crippen LogP contribution < -0.4 is 15.4 Å². The molecular weight excluding hydrogens is 377 g/mol. The summed E-state index contributed by atoms with van der Waals surface area (Å²) in [5.41, 5.74) is 1.20. The van der Waals surface area contributed by atoms with Crippen LogP contribution in [0.3, 0.4) is 0 Å². The number of benzene rings is 1. The minimum Gasteiger partial charge on any atom is -0.491 e. The maximum atomic E-state index is 5.62. The van der Waals surface area contributed by atoms with Crippen molar-refractivity contribution in [2.24, 2.45) is 10.9 Å². The van der Waals surface area contributed by atoms with E-state index in [0.717, 1.165) is 24.8 Å². The molecule has 0 spiro atoms. The van der Waals surface area contributed by atoms with Crippen LogP contribution in [0.25, 0.3) is 0 Å². The van der Waals surface area contributed by atoms with Crippen molar-refractivity contribution in [1.29, 1.82) is 0 Å². The van der Waals surface area contributed by atoms with Crippen LogP contribution in [0.1, 0.15) is 33.3 Å². The lowest BCUT2D eigenvalue weighted by atomic mass is 10.2. The fraction of sp³-hybridized carbons (Fsp3) is 0.562. The monoisotopic (exact) mass is 405 g/mol. The Bertz CT molecular complexity index is 416. The molecule has 0 aromatic heterocycles. The topological polar surface area (TPSA) is 45.7 Å². The van der Waals surface area contributed by atoms with Crippen molar-refractivity contribution in [3.63, 3.8) is 0 Å². The van der Waals surface area contributed by atoms with E-state index in [0.29, 0.717) is 5.92 Å². The third-order valence-electron chi connectivity index (χ3n) is 2.66. The Kier molecular flexibility index (Phi) is 10.2. The number of hydrogen-bond donors (Lipinski definition) is 2. The standard InChI is InChI=1S/C16H27N3O.HI/c1-12(2)10-18-16(17-5)19-11-14-6-8-15(9-7-14)20-13(3)4;/h6-9,12-13H,10-11H2,1-5H3,(H2,17,18,19);1H. The van der Waals surface area contributed by atoms with Crippen LogP contribution in [-0.2, 0) is 6.54 Å². The van der Waals surface area contributed by atoms with Crippen LogP contribution in [0.5, 0.6) is 5.75 Å². The van der Waals surface area contributed by atoms with Crippen LogP contribution in [0, 0.1) is 5.92 Å². The SMILES string of the molecule is CN=C(NCc1ccc(OC(C)C)cc1)NCC(C)C.I. The summed E-state index contributed by atoms with van der Waals surface area (Å²) in [6.07, 6.45) is 0.207. The zero-order valence-electron chi connectivity index (χ0n) is 13.6. The molecule has 21 heavy (non-hydrogen) atoms. The van der Waals surface area contributed by atoms with Gasteiger partial charge in [0.15, 0.2) is 5.96 Å². The highest BCUT2D eigenvalue weighted by Gasteiger charge is 2.01. The second-order valence-electron chi connectivity index (χ2n) is 5.51. The molecule has 2 N–H and O–H groups in total. The zero-order chi connectivity index (χ0) is 15.0. The van der Waals surface area contributed by atoms with E-state index in [-0.39, 0.29) is 30.1 Å². The van der Waals surface area contributed by atoms with Crippen LogP contribution in [0.15, 0.2) is 29.3 Å². The van der Waals surface area contributed by atoms with E-state index in [4.69, 9.17) is 4.74 Å². The van der Waals surface area contributed by atoms with Gasteiger partial charge in [-0.25, -0.2) is 0 Å². The van der Waals surface area contributed by atoms with E-state index in [1.165, 1.54) is 5.56 Å². The van der Waals surface area contributed by atoms with Crippen molar-refractivity contribution in [2.75, 3.05) is 13.6 Å². The molecule has 0 radical (unpaired) electrons. The van der Waals surface area contributed by atoms with E-state index in [1.54, 1.807) is 7.05 Å². The first-order valence-corrected chi connectivity index (χ1v) is 7.21. The fourth-order valence-electron chi connectivity index (χ4n) is 1.67. The number of ether oxygens (including phenoxy) is 1. The van der Waals surface area contributed by atoms with Gasteiger partial charge in [-0.3, -0.25) is 4.99 Å². The van der Waals surface area contributed by atoms with Crippen molar-refractivity contribution >= 4 is 29.9 Å². The first kappa shape index (κ1) is 20.0. The summed E-state index contributed by atoms with van der Waals surface area (Å²) in [7, 11) is 1.79. The highest BCUT2D eigenvalue weighted by atomic mass is 127. The van der Waals surface area contributed by atoms with Gasteiger partial charge < -0.3 is 15.4 Å². The largest absolute Gasteiger partial charge is 0.491 e. The smallest absolute Gasteiger partial charge is 0.191 e. The van der Waals surface area contributed by atoms with E-state index >= 15 is 0 Å². The highest BCUT2D eigenvalue weighted by Crippen LogP contribution is 2.13. The number of nitrogens with zero attached hydrogens (tertiary/aromatic N) is 1. The predicted octanol–water partition coefficient (Wildman–Crippen LogP) is 3.41. The molecule has 5 heteroatoms. The molecule has 0 aliphatic heterocycles. The molecular formula is C16H28IN3O. The Morgan fingerprint density at radius 2 is 1.71 bits per heavy atom. The zero-order valence-corrected chi connectivity index (χ0v) is 16.0. The average Bonchev–Trinajstić information content (AvgIpc) is 2.40. The lowest BCUT2D eigenvalue weighted by Crippen LogP contribution is -2.38. The van der Waals surface area contributed by atoms with Crippen molar-refractivity contribution < 1.29 is 4.74 Å². The van der Waals surface area contributed by atoms with E-state index in [2.05, 4.69) is 41.6 Å². The van der Waals surface area contributed by atoms with Gasteiger partial charge in [0.1, 0.15) is 5.75 Å². The normalized spacial score (nSPS) is 11.3. The lowest BCUT2D eigenvalue weighted by molar-refractivity contribution is 0.242. The van der Waals surface area contributed by atoms with Gasteiger partial charge in [0, 0.05) is 20.1 Å². The molecule has 0 fully saturated rings. The van der Waals surface area contributed by atoms with Crippen molar-refractivity contribution in [2.45, 2.75) is 40.3 Å². The van der Waals surface area contributed by atoms with Crippen LogP contribution in [0.4, 0.5) is 0 Å². The maximum absolute atomic E-state index is 5.62. The Hall–Kier alpha value is -0.980. The van der Waals surface area contributed by atoms with Gasteiger partial charge in [0.25, 0.3) is 0 Å². The van der Waals surface area contributed by atoms with E-state index < -0.39 is 0 Å². The molecule has 1 rings (SSSR count). The Labute approximate surface area is 145 Å². The molecule has 0 saturated carbocycles. The Morgan fingerprint density at radius 3 is 2.19 bits per heavy atom. The minimum atomic E-state index is 0. The summed E-state index contributed by atoms with van der Waals surface area (Å²) in [5.74, 6) is 2.34. The van der Waals surface area contributed by atoms with Crippen molar-refractivity contribution in [1.82, 2.24) is 10.6 Å². The Balaban J connectivity index is 0.00000400. The lowest BCUT2D eigenvalue weighted by Gasteiger charge is -2.14. The molecule has 4 nitrogen and oxygen atoms in total. The number of halogens is 1. The summed E-state index contributed by atoms with van der Waals surface area (Å²) < 4.78 is 5.62. The summed E-state index contributed by atoms with van der Waals surface area (Å²) in [4.78, 5) is 4.20. The molecule has 0 aliphatic rings. The number of hydrogen-bond acceptors (Lipinski definition) is 2. The van der Waals surface area contributed by atoms with Gasteiger partial charge in [0.05, 0.1) is 6.10 Å². The molecule has 0 unspecified atom stereocenters. The number of rotatable bonds is 6. The molecule has 0 aliphatic carbocycles. The molecule has 1 aromatic rings. The van der Waals surface area contributed by atoms with Gasteiger partial charge in [-0.15, -0.1) is 24.0 Å². The molecule has 0 heterocycles. The number of guanidine groups is 1. The quantitative estimate of drug-likeness (QED) is 0.433. The first-order valence-electron chi connectivity index (χ1n) is 7.21. The van der Waals surface area contributed by atoms with Crippen LogP contribution in [0.2, 0.25) is 0 Å². The molecule has 0 amide bonds. The molecule has 0 bridgehead atoms. The fourth-order valence-corrected chi connectivity index (χ4v) is 1.67. The third-order valence-corrected chi connectivity index (χ3v) is 2.66. The van der Waals surface area contributed by atoms with E-state index in [1.807, 2.05) is 26.0 Å². The van der Waals surface area contributed by atoms with Gasteiger partial charge in [0.2, 0.25) is 0 Å². The molecule has 0 atom stereocenters. The summed E-state index contributed by atoms with van der Waals surface area (Å²) >= 11 is 0. The van der Waals surface area contributed by atoms with Gasteiger partial charge in [-0.05, 0) is 37.5 Å². The predicted molar refractivity (Wildman–Crippen MR) is 101 cm³/mol. The van der Waals surface area contributed by atoms with E-state index in [9.17, 15) is 0 Å². The van der Waals surface area contributed by atoms with Gasteiger partial charge >= 0.3 is 0 Å². The number of nitrogens with one attached hydrogen (secondary N) is 2. The first-order chi connectivity index (χ1) is 9.51.